The Labute approximate surface area is 155 Å². The Bertz CT molecular complexity index is 828. The van der Waals surface area contributed by atoms with Crippen molar-refractivity contribution in [2.75, 3.05) is 10.6 Å². The third-order valence-electron chi connectivity index (χ3n) is 4.71. The molecule has 2 aromatic rings. The lowest BCUT2D eigenvalue weighted by Crippen LogP contribution is -2.16. The topological polar surface area (TPSA) is 58.2 Å². The average molecular weight is 350 g/mol. The van der Waals surface area contributed by atoms with Gasteiger partial charge < -0.3 is 10.6 Å². The molecule has 0 radical (unpaired) electrons. The standard InChI is InChI=1S/C22H26N2O2/c1-14-5-12-18(13-19(14)24-21(26)15-6-7-15)23-20(25)16-8-10-17(11-9-16)22(2,3)4/h5,8-13,15H,6-7H2,1-4H3,(H,23,25)(H,24,26). The van der Waals surface area contributed by atoms with Gasteiger partial charge in [0.1, 0.15) is 0 Å². The first-order valence-corrected chi connectivity index (χ1v) is 9.07. The zero-order valence-electron chi connectivity index (χ0n) is 15.8. The number of hydrogen-bond acceptors (Lipinski definition) is 2. The molecule has 2 amide bonds. The highest BCUT2D eigenvalue weighted by Gasteiger charge is 2.29. The van der Waals surface area contributed by atoms with Crippen molar-refractivity contribution in [3.63, 3.8) is 0 Å². The summed E-state index contributed by atoms with van der Waals surface area (Å²) in [5.74, 6) is 0.0529. The molecule has 0 unspecified atom stereocenters. The second kappa shape index (κ2) is 6.94. The molecule has 0 atom stereocenters. The first kappa shape index (κ1) is 18.2. The van der Waals surface area contributed by atoms with Gasteiger partial charge in [0.2, 0.25) is 5.91 Å². The Kier molecular flexibility index (Phi) is 4.86. The summed E-state index contributed by atoms with van der Waals surface area (Å²) in [6, 6.07) is 13.2. The predicted molar refractivity (Wildman–Crippen MR) is 106 cm³/mol. The molecule has 0 aromatic heterocycles. The van der Waals surface area contributed by atoms with Crippen molar-refractivity contribution in [3.8, 4) is 0 Å². The minimum Gasteiger partial charge on any atom is -0.326 e. The Hall–Kier alpha value is -2.62. The van der Waals surface area contributed by atoms with Gasteiger partial charge in [0, 0.05) is 22.9 Å². The molecule has 1 fully saturated rings. The Balaban J connectivity index is 1.71. The number of amides is 2. The van der Waals surface area contributed by atoms with E-state index in [4.69, 9.17) is 0 Å². The molecule has 1 aliphatic carbocycles. The highest BCUT2D eigenvalue weighted by atomic mass is 16.2. The smallest absolute Gasteiger partial charge is 0.255 e. The molecule has 0 saturated heterocycles. The lowest BCUT2D eigenvalue weighted by molar-refractivity contribution is -0.117. The van der Waals surface area contributed by atoms with Crippen LogP contribution in [-0.2, 0) is 10.2 Å². The van der Waals surface area contributed by atoms with Crippen LogP contribution in [0.5, 0.6) is 0 Å². The number of aryl methyl sites for hydroxylation is 1. The van der Waals surface area contributed by atoms with Crippen molar-refractivity contribution in [1.82, 2.24) is 0 Å². The molecule has 3 rings (SSSR count). The molecule has 136 valence electrons. The van der Waals surface area contributed by atoms with Gasteiger partial charge in [-0.2, -0.15) is 0 Å². The van der Waals surface area contributed by atoms with Gasteiger partial charge in [-0.1, -0.05) is 39.0 Å². The van der Waals surface area contributed by atoms with Crippen LogP contribution in [0, 0.1) is 12.8 Å². The highest BCUT2D eigenvalue weighted by molar-refractivity contribution is 6.05. The van der Waals surface area contributed by atoms with E-state index < -0.39 is 0 Å². The maximum absolute atomic E-state index is 12.5. The molecule has 0 aliphatic heterocycles. The van der Waals surface area contributed by atoms with Crippen LogP contribution < -0.4 is 10.6 Å². The molecule has 1 aliphatic rings. The molecule has 4 heteroatoms. The van der Waals surface area contributed by atoms with E-state index in [0.29, 0.717) is 11.3 Å². The summed E-state index contributed by atoms with van der Waals surface area (Å²) < 4.78 is 0. The van der Waals surface area contributed by atoms with E-state index in [0.717, 1.165) is 24.1 Å². The minimum atomic E-state index is -0.159. The van der Waals surface area contributed by atoms with Gasteiger partial charge in [-0.25, -0.2) is 0 Å². The fraction of sp³-hybridized carbons (Fsp3) is 0.364. The Morgan fingerprint density at radius 3 is 2.19 bits per heavy atom. The Morgan fingerprint density at radius 1 is 0.962 bits per heavy atom. The summed E-state index contributed by atoms with van der Waals surface area (Å²) in [5, 5.41) is 5.87. The van der Waals surface area contributed by atoms with Gasteiger partial charge in [-0.3, -0.25) is 9.59 Å². The molecule has 0 bridgehead atoms. The number of anilines is 2. The van der Waals surface area contributed by atoms with Crippen molar-refractivity contribution in [2.45, 2.75) is 46.0 Å². The average Bonchev–Trinajstić information content (AvgIpc) is 3.42. The number of nitrogens with one attached hydrogen (secondary N) is 2. The van der Waals surface area contributed by atoms with E-state index >= 15 is 0 Å². The van der Waals surface area contributed by atoms with Crippen LogP contribution in [0.4, 0.5) is 11.4 Å². The highest BCUT2D eigenvalue weighted by Crippen LogP contribution is 2.31. The summed E-state index contributed by atoms with van der Waals surface area (Å²) >= 11 is 0. The second-order valence-electron chi connectivity index (χ2n) is 8.07. The summed E-state index contributed by atoms with van der Waals surface area (Å²) in [5.41, 5.74) is 4.26. The zero-order valence-corrected chi connectivity index (χ0v) is 15.8. The lowest BCUT2D eigenvalue weighted by Gasteiger charge is -2.19. The van der Waals surface area contributed by atoms with Gasteiger partial charge in [0.25, 0.3) is 5.91 Å². The minimum absolute atomic E-state index is 0.0562. The lowest BCUT2D eigenvalue weighted by atomic mass is 9.87. The molecule has 0 spiro atoms. The number of carbonyl (C=O) groups excluding carboxylic acids is 2. The van der Waals surface area contributed by atoms with Crippen LogP contribution in [0.3, 0.4) is 0 Å². The molecular formula is C22H26N2O2. The molecule has 2 N–H and O–H groups in total. The van der Waals surface area contributed by atoms with Gasteiger partial charge >= 0.3 is 0 Å². The number of rotatable bonds is 4. The summed E-state index contributed by atoms with van der Waals surface area (Å²) in [4.78, 5) is 24.5. The van der Waals surface area contributed by atoms with E-state index in [1.807, 2.05) is 49.4 Å². The fourth-order valence-electron chi connectivity index (χ4n) is 2.74. The third kappa shape index (κ3) is 4.31. The van der Waals surface area contributed by atoms with Crippen LogP contribution in [0.25, 0.3) is 0 Å². The Morgan fingerprint density at radius 2 is 1.62 bits per heavy atom. The molecular weight excluding hydrogens is 324 g/mol. The molecule has 1 saturated carbocycles. The summed E-state index contributed by atoms with van der Waals surface area (Å²) in [6.07, 6.45) is 1.93. The first-order chi connectivity index (χ1) is 12.2. The van der Waals surface area contributed by atoms with Crippen molar-refractivity contribution < 1.29 is 9.59 Å². The van der Waals surface area contributed by atoms with Crippen LogP contribution in [0.1, 0.15) is 55.1 Å². The van der Waals surface area contributed by atoms with Crippen molar-refractivity contribution in [1.29, 1.82) is 0 Å². The van der Waals surface area contributed by atoms with Crippen LogP contribution in [0.15, 0.2) is 42.5 Å². The van der Waals surface area contributed by atoms with Crippen LogP contribution >= 0.6 is 0 Å². The van der Waals surface area contributed by atoms with Crippen molar-refractivity contribution in [2.24, 2.45) is 5.92 Å². The molecule has 26 heavy (non-hydrogen) atoms. The van der Waals surface area contributed by atoms with Gasteiger partial charge in [-0.15, -0.1) is 0 Å². The van der Waals surface area contributed by atoms with Gasteiger partial charge in [-0.05, 0) is 60.6 Å². The SMILES string of the molecule is Cc1ccc(NC(=O)c2ccc(C(C)(C)C)cc2)cc1NC(=O)C1CC1. The van der Waals surface area contributed by atoms with E-state index in [1.54, 1.807) is 0 Å². The zero-order chi connectivity index (χ0) is 18.9. The fourth-order valence-corrected chi connectivity index (χ4v) is 2.74. The summed E-state index contributed by atoms with van der Waals surface area (Å²) in [7, 11) is 0. The van der Waals surface area contributed by atoms with Gasteiger partial charge in [0.15, 0.2) is 0 Å². The quantitative estimate of drug-likeness (QED) is 0.824. The summed E-state index contributed by atoms with van der Waals surface area (Å²) in [6.45, 7) is 8.38. The monoisotopic (exact) mass is 350 g/mol. The van der Waals surface area contributed by atoms with Crippen molar-refractivity contribution in [3.05, 3.63) is 59.2 Å². The number of carbonyl (C=O) groups is 2. The van der Waals surface area contributed by atoms with Gasteiger partial charge in [0.05, 0.1) is 0 Å². The number of benzene rings is 2. The largest absolute Gasteiger partial charge is 0.326 e. The molecule has 0 heterocycles. The van der Waals surface area contributed by atoms with E-state index in [-0.39, 0.29) is 23.1 Å². The predicted octanol–water partition coefficient (Wildman–Crippen LogP) is 4.89. The molecule has 2 aromatic carbocycles. The number of hydrogen-bond donors (Lipinski definition) is 2. The van der Waals surface area contributed by atoms with E-state index in [9.17, 15) is 9.59 Å². The van der Waals surface area contributed by atoms with E-state index in [2.05, 4.69) is 31.4 Å². The van der Waals surface area contributed by atoms with E-state index in [1.165, 1.54) is 5.56 Å². The maximum Gasteiger partial charge on any atom is 0.255 e. The second-order valence-corrected chi connectivity index (χ2v) is 8.07. The van der Waals surface area contributed by atoms with Crippen molar-refractivity contribution >= 4 is 23.2 Å². The van der Waals surface area contributed by atoms with Crippen LogP contribution in [0.2, 0.25) is 0 Å². The first-order valence-electron chi connectivity index (χ1n) is 9.07. The maximum atomic E-state index is 12.5. The van der Waals surface area contributed by atoms with Crippen LogP contribution in [-0.4, -0.2) is 11.8 Å². The normalized spacial score (nSPS) is 14.0. The third-order valence-corrected chi connectivity index (χ3v) is 4.71. The molecule has 4 nitrogen and oxygen atoms in total.